The molecule has 108 valence electrons. The SMILES string of the molecule is CCCOC(=O)C1CC1(c1ccccc1)c1ccccc1. The van der Waals surface area contributed by atoms with Gasteiger partial charge in [-0.05, 0) is 24.0 Å². The Bertz CT molecular complexity index is 564. The molecule has 0 spiro atoms. The van der Waals surface area contributed by atoms with E-state index in [1.165, 1.54) is 11.1 Å². The molecule has 0 saturated heterocycles. The fourth-order valence-electron chi connectivity index (χ4n) is 3.13. The van der Waals surface area contributed by atoms with Gasteiger partial charge in [-0.3, -0.25) is 4.79 Å². The molecule has 21 heavy (non-hydrogen) atoms. The summed E-state index contributed by atoms with van der Waals surface area (Å²) in [7, 11) is 0. The maximum atomic E-state index is 12.3. The van der Waals surface area contributed by atoms with Crippen LogP contribution in [0.4, 0.5) is 0 Å². The Morgan fingerprint density at radius 1 is 1.05 bits per heavy atom. The Morgan fingerprint density at radius 3 is 2.05 bits per heavy atom. The molecule has 1 saturated carbocycles. The van der Waals surface area contributed by atoms with Gasteiger partial charge in [-0.1, -0.05) is 67.6 Å². The Hall–Kier alpha value is -2.09. The third kappa shape index (κ3) is 2.46. The first kappa shape index (κ1) is 13.9. The molecule has 0 aromatic heterocycles. The van der Waals surface area contributed by atoms with Crippen molar-refractivity contribution in [3.05, 3.63) is 71.8 Å². The molecule has 0 aliphatic heterocycles. The number of ether oxygens (including phenoxy) is 1. The van der Waals surface area contributed by atoms with Crippen LogP contribution >= 0.6 is 0 Å². The maximum Gasteiger partial charge on any atom is 0.310 e. The van der Waals surface area contributed by atoms with E-state index < -0.39 is 0 Å². The van der Waals surface area contributed by atoms with Gasteiger partial charge in [0.15, 0.2) is 0 Å². The molecule has 0 N–H and O–H groups in total. The molecule has 0 amide bonds. The van der Waals surface area contributed by atoms with Gasteiger partial charge >= 0.3 is 5.97 Å². The summed E-state index contributed by atoms with van der Waals surface area (Å²) in [6.45, 7) is 2.52. The molecule has 3 rings (SSSR count). The number of hydrogen-bond donors (Lipinski definition) is 0. The van der Waals surface area contributed by atoms with E-state index in [0.29, 0.717) is 6.61 Å². The summed E-state index contributed by atoms with van der Waals surface area (Å²) in [4.78, 5) is 12.3. The van der Waals surface area contributed by atoms with Gasteiger partial charge in [-0.15, -0.1) is 0 Å². The minimum absolute atomic E-state index is 0.0613. The first-order valence-corrected chi connectivity index (χ1v) is 7.56. The van der Waals surface area contributed by atoms with Crippen molar-refractivity contribution < 1.29 is 9.53 Å². The van der Waals surface area contributed by atoms with Gasteiger partial charge in [0, 0.05) is 5.41 Å². The normalized spacial score (nSPS) is 19.0. The van der Waals surface area contributed by atoms with E-state index >= 15 is 0 Å². The van der Waals surface area contributed by atoms with Gasteiger partial charge in [-0.2, -0.15) is 0 Å². The highest BCUT2D eigenvalue weighted by molar-refractivity contribution is 5.81. The predicted octanol–water partition coefficient (Wildman–Crippen LogP) is 3.95. The molecule has 2 aromatic carbocycles. The van der Waals surface area contributed by atoms with Crippen molar-refractivity contribution in [2.75, 3.05) is 6.61 Å². The van der Waals surface area contributed by atoms with Crippen molar-refractivity contribution in [1.82, 2.24) is 0 Å². The number of carbonyl (C=O) groups excluding carboxylic acids is 1. The predicted molar refractivity (Wildman–Crippen MR) is 83.0 cm³/mol. The molecule has 1 fully saturated rings. The Balaban J connectivity index is 1.94. The van der Waals surface area contributed by atoms with Crippen molar-refractivity contribution in [2.24, 2.45) is 5.92 Å². The van der Waals surface area contributed by atoms with Crippen molar-refractivity contribution in [2.45, 2.75) is 25.2 Å². The van der Waals surface area contributed by atoms with Crippen LogP contribution < -0.4 is 0 Å². The molecule has 2 aromatic rings. The quantitative estimate of drug-likeness (QED) is 0.775. The van der Waals surface area contributed by atoms with Gasteiger partial charge in [0.25, 0.3) is 0 Å². The van der Waals surface area contributed by atoms with Crippen LogP contribution in [0.5, 0.6) is 0 Å². The standard InChI is InChI=1S/C19H20O2/c1-2-13-21-18(20)17-14-19(17,15-9-5-3-6-10-15)16-11-7-4-8-12-16/h3-12,17H,2,13-14H2,1H3. The summed E-state index contributed by atoms with van der Waals surface area (Å²) in [5.41, 5.74) is 2.21. The molecular formula is C19H20O2. The van der Waals surface area contributed by atoms with Crippen LogP contribution in [0.2, 0.25) is 0 Å². The van der Waals surface area contributed by atoms with Crippen LogP contribution in [0, 0.1) is 5.92 Å². The topological polar surface area (TPSA) is 26.3 Å². The van der Waals surface area contributed by atoms with E-state index in [1.54, 1.807) is 0 Å². The van der Waals surface area contributed by atoms with Crippen molar-refractivity contribution in [1.29, 1.82) is 0 Å². The largest absolute Gasteiger partial charge is 0.465 e. The molecular weight excluding hydrogens is 260 g/mol. The van der Waals surface area contributed by atoms with Crippen LogP contribution in [0.15, 0.2) is 60.7 Å². The Morgan fingerprint density at radius 2 is 1.57 bits per heavy atom. The Labute approximate surface area is 125 Å². The summed E-state index contributed by atoms with van der Waals surface area (Å²) >= 11 is 0. The van der Waals surface area contributed by atoms with E-state index in [9.17, 15) is 4.79 Å². The van der Waals surface area contributed by atoms with Crippen LogP contribution in [0.25, 0.3) is 0 Å². The third-order valence-corrected chi connectivity index (χ3v) is 4.27. The minimum atomic E-state index is -0.201. The second-order valence-corrected chi connectivity index (χ2v) is 5.63. The average molecular weight is 280 g/mol. The fourth-order valence-corrected chi connectivity index (χ4v) is 3.13. The molecule has 0 bridgehead atoms. The summed E-state index contributed by atoms with van der Waals surface area (Å²) in [6.07, 6.45) is 1.70. The number of esters is 1. The molecule has 1 unspecified atom stereocenters. The number of hydrogen-bond acceptors (Lipinski definition) is 2. The van der Waals surface area contributed by atoms with Crippen LogP contribution in [-0.2, 0) is 14.9 Å². The first-order valence-electron chi connectivity index (χ1n) is 7.56. The molecule has 2 nitrogen and oxygen atoms in total. The number of carbonyl (C=O) groups is 1. The third-order valence-electron chi connectivity index (χ3n) is 4.27. The van der Waals surface area contributed by atoms with Crippen molar-refractivity contribution >= 4 is 5.97 Å². The highest BCUT2D eigenvalue weighted by Gasteiger charge is 2.61. The van der Waals surface area contributed by atoms with E-state index in [1.807, 2.05) is 43.3 Å². The van der Waals surface area contributed by atoms with E-state index in [2.05, 4.69) is 24.3 Å². The van der Waals surface area contributed by atoms with Crippen molar-refractivity contribution in [3.63, 3.8) is 0 Å². The van der Waals surface area contributed by atoms with E-state index in [0.717, 1.165) is 12.8 Å². The highest BCUT2D eigenvalue weighted by atomic mass is 16.5. The molecule has 1 aliphatic carbocycles. The average Bonchev–Trinajstić information content (AvgIpc) is 3.31. The molecule has 0 radical (unpaired) electrons. The summed E-state index contributed by atoms with van der Waals surface area (Å²) in [6, 6.07) is 20.6. The van der Waals surface area contributed by atoms with Gasteiger partial charge in [0.2, 0.25) is 0 Å². The van der Waals surface area contributed by atoms with Gasteiger partial charge in [0.05, 0.1) is 12.5 Å². The number of benzene rings is 2. The lowest BCUT2D eigenvalue weighted by Gasteiger charge is -2.18. The monoisotopic (exact) mass is 280 g/mol. The van der Waals surface area contributed by atoms with E-state index in [-0.39, 0.29) is 17.3 Å². The van der Waals surface area contributed by atoms with Crippen molar-refractivity contribution in [3.8, 4) is 0 Å². The highest BCUT2D eigenvalue weighted by Crippen LogP contribution is 2.59. The summed E-state index contributed by atoms with van der Waals surface area (Å²) in [5.74, 6) is -0.126. The van der Waals surface area contributed by atoms with Gasteiger partial charge in [-0.25, -0.2) is 0 Å². The lowest BCUT2D eigenvalue weighted by atomic mass is 9.86. The van der Waals surface area contributed by atoms with Crippen LogP contribution in [-0.4, -0.2) is 12.6 Å². The molecule has 2 heteroatoms. The summed E-state index contributed by atoms with van der Waals surface area (Å²) < 4.78 is 5.37. The second-order valence-electron chi connectivity index (χ2n) is 5.63. The number of rotatable bonds is 5. The smallest absolute Gasteiger partial charge is 0.310 e. The molecule has 0 heterocycles. The fraction of sp³-hybridized carbons (Fsp3) is 0.316. The first-order chi connectivity index (χ1) is 10.3. The summed E-state index contributed by atoms with van der Waals surface area (Å²) in [5, 5.41) is 0. The maximum absolute atomic E-state index is 12.3. The lowest BCUT2D eigenvalue weighted by molar-refractivity contribution is -0.145. The zero-order valence-electron chi connectivity index (χ0n) is 12.3. The minimum Gasteiger partial charge on any atom is -0.465 e. The second kappa shape index (κ2) is 5.72. The van der Waals surface area contributed by atoms with Crippen LogP contribution in [0.3, 0.4) is 0 Å². The van der Waals surface area contributed by atoms with E-state index in [4.69, 9.17) is 4.74 Å². The molecule has 1 atom stereocenters. The van der Waals surface area contributed by atoms with Gasteiger partial charge in [0.1, 0.15) is 0 Å². The van der Waals surface area contributed by atoms with Crippen LogP contribution in [0.1, 0.15) is 30.9 Å². The molecule has 1 aliphatic rings. The zero-order valence-corrected chi connectivity index (χ0v) is 12.3. The van der Waals surface area contributed by atoms with Gasteiger partial charge < -0.3 is 4.74 Å². The zero-order chi connectivity index (χ0) is 14.7. The Kier molecular flexibility index (Phi) is 3.78. The lowest BCUT2D eigenvalue weighted by Crippen LogP contribution is -2.19.